The van der Waals surface area contributed by atoms with Crippen molar-refractivity contribution in [1.82, 2.24) is 4.98 Å². The van der Waals surface area contributed by atoms with E-state index in [0.29, 0.717) is 6.10 Å². The van der Waals surface area contributed by atoms with Crippen molar-refractivity contribution in [2.75, 3.05) is 0 Å². The molecule has 1 aromatic heterocycles. The Kier molecular flexibility index (Phi) is 5.12. The standard InChI is InChI=1S/C12H16O.C11H13NS/c1-12(2,3)11-8-9-6-4-5-7-10(9)13-11;1-11(2,3)10-12-8-6-4-5-7-9(8)13-10/h4-7,11H,8H2,1-3H3;4-7H,1-3H3. The summed E-state index contributed by atoms with van der Waals surface area (Å²) in [6.07, 6.45) is 1.39. The van der Waals surface area contributed by atoms with Crippen molar-refractivity contribution < 1.29 is 4.74 Å². The van der Waals surface area contributed by atoms with Crippen LogP contribution in [0.5, 0.6) is 5.75 Å². The van der Waals surface area contributed by atoms with E-state index in [1.165, 1.54) is 15.3 Å². The largest absolute Gasteiger partial charge is 0.489 e. The van der Waals surface area contributed by atoms with E-state index in [9.17, 15) is 0 Å². The molecule has 2 nitrogen and oxygen atoms in total. The summed E-state index contributed by atoms with van der Waals surface area (Å²) in [5.74, 6) is 1.07. The molecule has 138 valence electrons. The zero-order valence-corrected chi connectivity index (χ0v) is 17.5. The molecular formula is C23H29NOS. The Bertz CT molecular complexity index is 825. The average Bonchev–Trinajstić information content (AvgIpc) is 3.19. The first-order valence-electron chi connectivity index (χ1n) is 9.25. The Labute approximate surface area is 161 Å². The summed E-state index contributed by atoms with van der Waals surface area (Å²) in [7, 11) is 0. The number of nitrogens with zero attached hydrogens (tertiary/aromatic N) is 1. The SMILES string of the molecule is CC(C)(C)C1Cc2ccccc2O1.CC(C)(C)c1nc2ccccc2s1. The number of aromatic nitrogens is 1. The molecule has 0 fully saturated rings. The van der Waals surface area contributed by atoms with E-state index >= 15 is 0 Å². The summed E-state index contributed by atoms with van der Waals surface area (Å²) in [4.78, 5) is 4.60. The second-order valence-electron chi connectivity index (χ2n) is 9.02. The number of thiazole rings is 1. The van der Waals surface area contributed by atoms with Crippen molar-refractivity contribution in [3.63, 3.8) is 0 Å². The Morgan fingerprint density at radius 1 is 0.923 bits per heavy atom. The summed E-state index contributed by atoms with van der Waals surface area (Å²) >= 11 is 1.79. The quantitative estimate of drug-likeness (QED) is 0.445. The van der Waals surface area contributed by atoms with Crippen molar-refractivity contribution >= 4 is 21.6 Å². The first kappa shape index (κ1) is 18.9. The highest BCUT2D eigenvalue weighted by Crippen LogP contribution is 2.36. The van der Waals surface area contributed by atoms with Gasteiger partial charge in [0.2, 0.25) is 0 Å². The van der Waals surface area contributed by atoms with Gasteiger partial charge in [-0.15, -0.1) is 11.3 Å². The number of rotatable bonds is 0. The van der Waals surface area contributed by atoms with E-state index in [4.69, 9.17) is 4.74 Å². The van der Waals surface area contributed by atoms with Crippen LogP contribution in [0.1, 0.15) is 52.1 Å². The lowest BCUT2D eigenvalue weighted by Crippen LogP contribution is -2.30. The molecular weight excluding hydrogens is 338 g/mol. The third kappa shape index (κ3) is 4.27. The number of hydrogen-bond acceptors (Lipinski definition) is 3. The summed E-state index contributed by atoms with van der Waals surface area (Å²) in [5, 5.41) is 1.22. The fraction of sp³-hybridized carbons (Fsp3) is 0.435. The molecule has 1 atom stereocenters. The maximum Gasteiger partial charge on any atom is 0.123 e. The van der Waals surface area contributed by atoms with Crippen LogP contribution in [0.4, 0.5) is 0 Å². The monoisotopic (exact) mass is 367 g/mol. The molecule has 1 unspecified atom stereocenters. The molecule has 1 aliphatic heterocycles. The predicted molar refractivity (Wildman–Crippen MR) is 112 cm³/mol. The highest BCUT2D eigenvalue weighted by atomic mass is 32.1. The van der Waals surface area contributed by atoms with Gasteiger partial charge in [0.05, 0.1) is 15.2 Å². The second-order valence-corrected chi connectivity index (χ2v) is 10.1. The van der Waals surface area contributed by atoms with Gasteiger partial charge in [-0.1, -0.05) is 71.9 Å². The number of hydrogen-bond donors (Lipinski definition) is 0. The van der Waals surface area contributed by atoms with Gasteiger partial charge in [-0.05, 0) is 29.2 Å². The Morgan fingerprint density at radius 3 is 2.19 bits per heavy atom. The molecule has 0 amide bonds. The molecule has 1 aliphatic rings. The van der Waals surface area contributed by atoms with Crippen LogP contribution >= 0.6 is 11.3 Å². The molecule has 26 heavy (non-hydrogen) atoms. The first-order chi connectivity index (χ1) is 12.1. The zero-order chi connectivity index (χ0) is 18.9. The predicted octanol–water partition coefficient (Wildman–Crippen LogP) is 6.63. The third-order valence-corrected chi connectivity index (χ3v) is 6.01. The number of ether oxygens (including phenoxy) is 1. The lowest BCUT2D eigenvalue weighted by atomic mass is 9.87. The van der Waals surface area contributed by atoms with Gasteiger partial charge in [-0.3, -0.25) is 0 Å². The van der Waals surface area contributed by atoms with E-state index in [1.807, 2.05) is 12.1 Å². The van der Waals surface area contributed by atoms with Crippen molar-refractivity contribution in [3.8, 4) is 5.75 Å². The van der Waals surface area contributed by atoms with E-state index in [1.54, 1.807) is 11.3 Å². The molecule has 0 spiro atoms. The van der Waals surface area contributed by atoms with Crippen LogP contribution in [0.3, 0.4) is 0 Å². The van der Waals surface area contributed by atoms with Crippen LogP contribution in [0, 0.1) is 5.41 Å². The van der Waals surface area contributed by atoms with Crippen LogP contribution in [0.2, 0.25) is 0 Å². The summed E-state index contributed by atoms with van der Waals surface area (Å²) in [6, 6.07) is 16.6. The van der Waals surface area contributed by atoms with Crippen LogP contribution < -0.4 is 4.74 Å². The minimum Gasteiger partial charge on any atom is -0.489 e. The van der Waals surface area contributed by atoms with E-state index in [-0.39, 0.29) is 10.8 Å². The van der Waals surface area contributed by atoms with Crippen molar-refractivity contribution in [1.29, 1.82) is 0 Å². The lowest BCUT2D eigenvalue weighted by Gasteiger charge is -2.25. The average molecular weight is 368 g/mol. The van der Waals surface area contributed by atoms with Crippen LogP contribution in [0.15, 0.2) is 48.5 Å². The summed E-state index contributed by atoms with van der Waals surface area (Å²) in [6.45, 7) is 13.3. The molecule has 0 saturated heterocycles. The topological polar surface area (TPSA) is 22.1 Å². The molecule has 0 bridgehead atoms. The van der Waals surface area contributed by atoms with Crippen LogP contribution in [-0.4, -0.2) is 11.1 Å². The second kappa shape index (κ2) is 7.03. The maximum atomic E-state index is 5.87. The fourth-order valence-corrected chi connectivity index (χ4v) is 3.88. The molecule has 3 aromatic rings. The van der Waals surface area contributed by atoms with Gasteiger partial charge in [-0.25, -0.2) is 4.98 Å². The molecule has 0 N–H and O–H groups in total. The molecule has 0 aliphatic carbocycles. The van der Waals surface area contributed by atoms with Gasteiger partial charge < -0.3 is 4.74 Å². The van der Waals surface area contributed by atoms with Gasteiger partial charge in [0.1, 0.15) is 11.9 Å². The summed E-state index contributed by atoms with van der Waals surface area (Å²) < 4.78 is 7.16. The van der Waals surface area contributed by atoms with Gasteiger partial charge in [0.15, 0.2) is 0 Å². The zero-order valence-electron chi connectivity index (χ0n) is 16.7. The van der Waals surface area contributed by atoms with Crippen LogP contribution in [-0.2, 0) is 11.8 Å². The molecule has 2 heterocycles. The highest BCUT2D eigenvalue weighted by molar-refractivity contribution is 7.18. The van der Waals surface area contributed by atoms with Crippen LogP contribution in [0.25, 0.3) is 10.2 Å². The maximum absolute atomic E-state index is 5.87. The first-order valence-corrected chi connectivity index (χ1v) is 10.1. The lowest BCUT2D eigenvalue weighted by molar-refractivity contribution is 0.109. The van der Waals surface area contributed by atoms with E-state index in [0.717, 1.165) is 17.7 Å². The normalized spacial score (nSPS) is 16.6. The molecule has 4 rings (SSSR count). The van der Waals surface area contributed by atoms with Crippen molar-refractivity contribution in [2.45, 2.75) is 59.5 Å². The van der Waals surface area contributed by atoms with Crippen molar-refractivity contribution in [3.05, 3.63) is 59.1 Å². The molecule has 0 radical (unpaired) electrons. The smallest absolute Gasteiger partial charge is 0.123 e. The molecule has 3 heteroatoms. The Morgan fingerprint density at radius 2 is 1.58 bits per heavy atom. The number of fused-ring (bicyclic) bond motifs is 2. The van der Waals surface area contributed by atoms with E-state index in [2.05, 4.69) is 82.9 Å². The highest BCUT2D eigenvalue weighted by Gasteiger charge is 2.32. The molecule has 0 saturated carbocycles. The third-order valence-electron chi connectivity index (χ3n) is 4.55. The minimum atomic E-state index is 0.170. The van der Waals surface area contributed by atoms with Gasteiger partial charge in [-0.2, -0.15) is 0 Å². The minimum absolute atomic E-state index is 0.170. The summed E-state index contributed by atoms with van der Waals surface area (Å²) in [5.41, 5.74) is 2.88. The number of benzene rings is 2. The van der Waals surface area contributed by atoms with Crippen molar-refractivity contribution in [2.24, 2.45) is 5.41 Å². The Hall–Kier alpha value is -1.87. The number of para-hydroxylation sites is 2. The van der Waals surface area contributed by atoms with Gasteiger partial charge in [0, 0.05) is 11.8 Å². The molecule has 2 aromatic carbocycles. The Balaban J connectivity index is 0.000000151. The van der Waals surface area contributed by atoms with Gasteiger partial charge >= 0.3 is 0 Å². The fourth-order valence-electron chi connectivity index (χ4n) is 2.86. The van der Waals surface area contributed by atoms with E-state index < -0.39 is 0 Å². The van der Waals surface area contributed by atoms with Gasteiger partial charge in [0.25, 0.3) is 0 Å².